The molecule has 1 fully saturated rings. The fraction of sp³-hybridized carbons (Fsp3) is 0.600. The maximum absolute atomic E-state index is 13.1. The van der Waals surface area contributed by atoms with Gasteiger partial charge in [-0.25, -0.2) is 0 Å². The molecule has 0 N–H and O–H groups in total. The topological polar surface area (TPSA) is 6.48 Å². The van der Waals surface area contributed by atoms with Crippen molar-refractivity contribution in [3.8, 4) is 0 Å². The molecule has 25 heavy (non-hydrogen) atoms. The van der Waals surface area contributed by atoms with Crippen molar-refractivity contribution < 1.29 is 26.3 Å². The van der Waals surface area contributed by atoms with Gasteiger partial charge in [0, 0.05) is 19.6 Å². The van der Waals surface area contributed by atoms with Crippen molar-refractivity contribution in [1.29, 1.82) is 0 Å². The van der Waals surface area contributed by atoms with Crippen molar-refractivity contribution in [2.45, 2.75) is 25.3 Å². The van der Waals surface area contributed by atoms with Crippen LogP contribution in [-0.4, -0.2) is 43.0 Å². The number of hydrogen-bond donors (Lipinski definition) is 0. The minimum Gasteiger partial charge on any atom is -0.305 e. The van der Waals surface area contributed by atoms with Crippen LogP contribution >= 0.6 is 24.8 Å². The molecule has 0 spiro atoms. The first kappa shape index (κ1) is 24.3. The van der Waals surface area contributed by atoms with Gasteiger partial charge in [-0.2, -0.15) is 26.3 Å². The largest absolute Gasteiger partial charge is 0.416 e. The zero-order chi connectivity index (χ0) is 17.3. The molecule has 1 aromatic rings. The average molecular weight is 413 g/mol. The highest BCUT2D eigenvalue weighted by atomic mass is 35.5. The van der Waals surface area contributed by atoms with Gasteiger partial charge in [0.1, 0.15) is 0 Å². The summed E-state index contributed by atoms with van der Waals surface area (Å²) in [7, 11) is 1.93. The highest BCUT2D eigenvalue weighted by Crippen LogP contribution is 2.37. The number of nitrogens with zero attached hydrogens (tertiary/aromatic N) is 2. The molecule has 0 radical (unpaired) electrons. The summed E-state index contributed by atoms with van der Waals surface area (Å²) in [5, 5.41) is 0. The van der Waals surface area contributed by atoms with E-state index in [4.69, 9.17) is 0 Å². The first-order valence-electron chi connectivity index (χ1n) is 7.25. The van der Waals surface area contributed by atoms with Crippen molar-refractivity contribution in [3.05, 3.63) is 34.9 Å². The fourth-order valence-corrected chi connectivity index (χ4v) is 2.65. The van der Waals surface area contributed by atoms with Gasteiger partial charge >= 0.3 is 12.4 Å². The Balaban J connectivity index is 0.00000288. The van der Waals surface area contributed by atoms with Gasteiger partial charge in [-0.15, -0.1) is 24.8 Å². The van der Waals surface area contributed by atoms with E-state index >= 15 is 0 Å². The molecular formula is C15H20Cl2F6N2. The average Bonchev–Trinajstić information content (AvgIpc) is 2.62. The number of rotatable bonds is 2. The van der Waals surface area contributed by atoms with Crippen molar-refractivity contribution >= 4 is 24.8 Å². The SMILES string of the molecule is CN1CCCN(Cc2ccc(C(F)(F)F)cc2C(F)(F)F)CC1.Cl.Cl. The molecule has 1 saturated heterocycles. The van der Waals surface area contributed by atoms with Crippen molar-refractivity contribution in [2.75, 3.05) is 33.2 Å². The Kier molecular flexibility index (Phi) is 9.04. The molecule has 1 aromatic carbocycles. The molecule has 0 unspecified atom stereocenters. The van der Waals surface area contributed by atoms with Gasteiger partial charge in [0.05, 0.1) is 11.1 Å². The molecule has 0 bridgehead atoms. The van der Waals surface area contributed by atoms with E-state index in [1.54, 1.807) is 0 Å². The molecule has 1 aliphatic heterocycles. The third kappa shape index (κ3) is 6.84. The Morgan fingerprint density at radius 2 is 1.52 bits per heavy atom. The number of likely N-dealkylation sites (N-methyl/N-ethyl adjacent to an activating group) is 1. The molecule has 2 rings (SSSR count). The lowest BCUT2D eigenvalue weighted by atomic mass is 10.0. The van der Waals surface area contributed by atoms with Gasteiger partial charge in [-0.05, 0) is 44.3 Å². The number of benzene rings is 1. The fourth-order valence-electron chi connectivity index (χ4n) is 2.65. The van der Waals surface area contributed by atoms with Gasteiger partial charge in [-0.1, -0.05) is 6.07 Å². The zero-order valence-corrected chi connectivity index (χ0v) is 15.1. The second-order valence-electron chi connectivity index (χ2n) is 5.80. The molecule has 0 amide bonds. The van der Waals surface area contributed by atoms with Gasteiger partial charge < -0.3 is 4.90 Å². The molecule has 0 aliphatic carbocycles. The van der Waals surface area contributed by atoms with E-state index in [0.29, 0.717) is 19.2 Å². The van der Waals surface area contributed by atoms with Crippen LogP contribution in [0.3, 0.4) is 0 Å². The smallest absolute Gasteiger partial charge is 0.305 e. The molecule has 146 valence electrons. The number of halogens is 8. The molecular weight excluding hydrogens is 393 g/mol. The minimum atomic E-state index is -4.81. The predicted molar refractivity (Wildman–Crippen MR) is 88.3 cm³/mol. The summed E-state index contributed by atoms with van der Waals surface area (Å²) in [6, 6.07) is 1.87. The Hall–Kier alpha value is -0.700. The highest BCUT2D eigenvalue weighted by molar-refractivity contribution is 5.85. The monoisotopic (exact) mass is 412 g/mol. The van der Waals surface area contributed by atoms with E-state index in [2.05, 4.69) is 4.90 Å². The quantitative estimate of drug-likeness (QED) is 0.649. The summed E-state index contributed by atoms with van der Waals surface area (Å²) < 4.78 is 77.3. The lowest BCUT2D eigenvalue weighted by Crippen LogP contribution is -2.29. The first-order chi connectivity index (χ1) is 10.6. The molecule has 1 aliphatic rings. The van der Waals surface area contributed by atoms with Crippen LogP contribution < -0.4 is 0 Å². The van der Waals surface area contributed by atoms with Crippen molar-refractivity contribution in [2.24, 2.45) is 0 Å². The van der Waals surface area contributed by atoms with Crippen molar-refractivity contribution in [1.82, 2.24) is 9.80 Å². The highest BCUT2D eigenvalue weighted by Gasteiger charge is 2.38. The number of alkyl halides is 6. The summed E-state index contributed by atoms with van der Waals surface area (Å²) in [6.45, 7) is 2.80. The van der Waals surface area contributed by atoms with E-state index in [1.807, 2.05) is 11.9 Å². The number of hydrogen-bond acceptors (Lipinski definition) is 2. The maximum Gasteiger partial charge on any atom is 0.416 e. The molecule has 0 saturated carbocycles. The zero-order valence-electron chi connectivity index (χ0n) is 13.5. The van der Waals surface area contributed by atoms with Crippen molar-refractivity contribution in [3.63, 3.8) is 0 Å². The van der Waals surface area contributed by atoms with Crippen LogP contribution in [0.25, 0.3) is 0 Å². The predicted octanol–water partition coefficient (Wildman–Crippen LogP) is 4.71. The molecule has 0 aromatic heterocycles. The van der Waals surface area contributed by atoms with Crippen LogP contribution in [0.2, 0.25) is 0 Å². The van der Waals surface area contributed by atoms with Gasteiger partial charge in [0.2, 0.25) is 0 Å². The summed E-state index contributed by atoms with van der Waals surface area (Å²) >= 11 is 0. The van der Waals surface area contributed by atoms with Crippen LogP contribution in [0.5, 0.6) is 0 Å². The third-order valence-corrected chi connectivity index (χ3v) is 3.95. The Morgan fingerprint density at radius 1 is 0.880 bits per heavy atom. The van der Waals surface area contributed by atoms with Crippen LogP contribution in [-0.2, 0) is 18.9 Å². The van der Waals surface area contributed by atoms with Gasteiger partial charge in [0.15, 0.2) is 0 Å². The van der Waals surface area contributed by atoms with Gasteiger partial charge in [0.25, 0.3) is 0 Å². The first-order valence-corrected chi connectivity index (χ1v) is 7.25. The lowest BCUT2D eigenvalue weighted by Gasteiger charge is -2.23. The van der Waals surface area contributed by atoms with Gasteiger partial charge in [-0.3, -0.25) is 4.90 Å². The molecule has 10 heteroatoms. The second kappa shape index (κ2) is 9.30. The minimum absolute atomic E-state index is 0. The molecule has 0 atom stereocenters. The Morgan fingerprint density at radius 3 is 2.08 bits per heavy atom. The van der Waals surface area contributed by atoms with E-state index in [9.17, 15) is 26.3 Å². The van der Waals surface area contributed by atoms with E-state index < -0.39 is 23.5 Å². The van der Waals surface area contributed by atoms with E-state index in [0.717, 1.165) is 25.6 Å². The summed E-state index contributed by atoms with van der Waals surface area (Å²) in [5.74, 6) is 0. The summed E-state index contributed by atoms with van der Waals surface area (Å²) in [5.41, 5.74) is -2.59. The molecule has 2 nitrogen and oxygen atoms in total. The third-order valence-electron chi connectivity index (χ3n) is 3.95. The second-order valence-corrected chi connectivity index (χ2v) is 5.80. The Labute approximate surface area is 155 Å². The standard InChI is InChI=1S/C15H18F6N2.2ClH/c1-22-5-2-6-23(8-7-22)10-11-3-4-12(14(16,17)18)9-13(11)15(19,20)21;;/h3-4,9H,2,5-8,10H2,1H3;2*1H. The maximum atomic E-state index is 13.1. The van der Waals surface area contributed by atoms with Crippen LogP contribution in [0.15, 0.2) is 18.2 Å². The molecule has 1 heterocycles. The normalized spacial score (nSPS) is 17.4. The van der Waals surface area contributed by atoms with E-state index in [-0.39, 0.29) is 43.0 Å². The van der Waals surface area contributed by atoms with Crippen LogP contribution in [0, 0.1) is 0 Å². The van der Waals surface area contributed by atoms with Crippen LogP contribution in [0.4, 0.5) is 26.3 Å². The van der Waals surface area contributed by atoms with E-state index in [1.165, 1.54) is 0 Å². The lowest BCUT2D eigenvalue weighted by molar-refractivity contribution is -0.143. The summed E-state index contributed by atoms with van der Waals surface area (Å²) in [6.07, 6.45) is -8.78. The summed E-state index contributed by atoms with van der Waals surface area (Å²) in [4.78, 5) is 3.93. The van der Waals surface area contributed by atoms with Crippen LogP contribution in [0.1, 0.15) is 23.1 Å². The Bertz CT molecular complexity index is 548.